The molecule has 1 aromatic heterocycles. The third-order valence-electron chi connectivity index (χ3n) is 4.43. The number of hydrogen-bond donors (Lipinski definition) is 1. The molecule has 1 heterocycles. The molecule has 3 aromatic rings. The van der Waals surface area contributed by atoms with Crippen molar-refractivity contribution in [2.24, 2.45) is 0 Å². The lowest BCUT2D eigenvalue weighted by molar-refractivity contribution is -0.384. The summed E-state index contributed by atoms with van der Waals surface area (Å²) in [6.07, 6.45) is 3.60. The van der Waals surface area contributed by atoms with Crippen LogP contribution in [0.1, 0.15) is 11.1 Å². The SMILES string of the molecule is CNS(=O)(=O)c1ccc(N(C)Cc2cnn(Cc3ccccc3)c2)c([N+](=O)[O-])c1. The maximum Gasteiger partial charge on any atom is 0.293 e. The lowest BCUT2D eigenvalue weighted by Gasteiger charge is -2.18. The van der Waals surface area contributed by atoms with Crippen molar-refractivity contribution in [3.8, 4) is 0 Å². The average Bonchev–Trinajstić information content (AvgIpc) is 3.14. The van der Waals surface area contributed by atoms with E-state index in [0.717, 1.165) is 17.2 Å². The molecule has 2 aromatic carbocycles. The molecule has 9 nitrogen and oxygen atoms in total. The molecule has 29 heavy (non-hydrogen) atoms. The van der Waals surface area contributed by atoms with Gasteiger partial charge in [0.05, 0.1) is 22.6 Å². The zero-order valence-electron chi connectivity index (χ0n) is 16.0. The first-order valence-corrected chi connectivity index (χ1v) is 10.3. The monoisotopic (exact) mass is 415 g/mol. The van der Waals surface area contributed by atoms with E-state index >= 15 is 0 Å². The Morgan fingerprint density at radius 2 is 1.90 bits per heavy atom. The van der Waals surface area contributed by atoms with E-state index in [-0.39, 0.29) is 10.6 Å². The van der Waals surface area contributed by atoms with Crippen LogP contribution in [0.5, 0.6) is 0 Å². The maximum atomic E-state index is 11.9. The molecule has 0 fully saturated rings. The number of anilines is 1. The van der Waals surface area contributed by atoms with Gasteiger partial charge in [-0.25, -0.2) is 13.1 Å². The summed E-state index contributed by atoms with van der Waals surface area (Å²) in [4.78, 5) is 12.5. The minimum atomic E-state index is -3.77. The van der Waals surface area contributed by atoms with Crippen molar-refractivity contribution < 1.29 is 13.3 Å². The molecular weight excluding hydrogens is 394 g/mol. The van der Waals surface area contributed by atoms with Gasteiger partial charge in [-0.3, -0.25) is 14.8 Å². The van der Waals surface area contributed by atoms with Crippen molar-refractivity contribution in [1.29, 1.82) is 0 Å². The number of nitro benzene ring substituents is 1. The van der Waals surface area contributed by atoms with E-state index in [0.29, 0.717) is 18.8 Å². The van der Waals surface area contributed by atoms with Gasteiger partial charge in [0, 0.05) is 31.4 Å². The lowest BCUT2D eigenvalue weighted by Crippen LogP contribution is -2.20. The normalized spacial score (nSPS) is 11.4. The van der Waals surface area contributed by atoms with Gasteiger partial charge in [0.2, 0.25) is 10.0 Å². The summed E-state index contributed by atoms with van der Waals surface area (Å²) >= 11 is 0. The van der Waals surface area contributed by atoms with Gasteiger partial charge in [-0.2, -0.15) is 5.10 Å². The van der Waals surface area contributed by atoms with Crippen LogP contribution in [0.25, 0.3) is 0 Å². The second-order valence-electron chi connectivity index (χ2n) is 6.50. The average molecular weight is 415 g/mol. The van der Waals surface area contributed by atoms with Crippen LogP contribution < -0.4 is 9.62 Å². The van der Waals surface area contributed by atoms with E-state index in [1.165, 1.54) is 19.2 Å². The van der Waals surface area contributed by atoms with Crippen molar-refractivity contribution in [1.82, 2.24) is 14.5 Å². The number of rotatable bonds is 8. The highest BCUT2D eigenvalue weighted by Gasteiger charge is 2.22. The first-order valence-electron chi connectivity index (χ1n) is 8.78. The summed E-state index contributed by atoms with van der Waals surface area (Å²) in [6, 6.07) is 13.8. The Morgan fingerprint density at radius 3 is 2.55 bits per heavy atom. The summed E-state index contributed by atoms with van der Waals surface area (Å²) in [5.74, 6) is 0. The van der Waals surface area contributed by atoms with Gasteiger partial charge in [-0.15, -0.1) is 0 Å². The fraction of sp³-hybridized carbons (Fsp3) is 0.211. The standard InChI is InChI=1S/C19H21N5O4S/c1-20-29(27,28)17-8-9-18(19(10-17)24(25)26)22(2)12-16-11-21-23(14-16)13-15-6-4-3-5-7-15/h3-11,14,20H,12-13H2,1-2H3. The molecule has 0 unspecified atom stereocenters. The molecule has 0 aliphatic rings. The van der Waals surface area contributed by atoms with Crippen molar-refractivity contribution >= 4 is 21.4 Å². The van der Waals surface area contributed by atoms with Crippen LogP contribution in [-0.2, 0) is 23.1 Å². The summed E-state index contributed by atoms with van der Waals surface area (Å²) in [6.45, 7) is 1.01. The predicted octanol–water partition coefficient (Wildman–Crippen LogP) is 2.38. The van der Waals surface area contributed by atoms with Gasteiger partial charge in [-0.1, -0.05) is 30.3 Å². The van der Waals surface area contributed by atoms with Crippen molar-refractivity contribution in [3.63, 3.8) is 0 Å². The quantitative estimate of drug-likeness (QED) is 0.447. The third-order valence-corrected chi connectivity index (χ3v) is 5.84. The van der Waals surface area contributed by atoms with Gasteiger partial charge in [0.25, 0.3) is 5.69 Å². The molecule has 10 heteroatoms. The van der Waals surface area contributed by atoms with E-state index in [4.69, 9.17) is 0 Å². The molecule has 0 saturated heterocycles. The first kappa shape index (κ1) is 20.5. The summed E-state index contributed by atoms with van der Waals surface area (Å²) in [5.41, 5.74) is 2.04. The van der Waals surface area contributed by atoms with E-state index in [9.17, 15) is 18.5 Å². The first-order chi connectivity index (χ1) is 13.8. The fourth-order valence-electron chi connectivity index (χ4n) is 2.96. The van der Waals surface area contributed by atoms with E-state index in [1.54, 1.807) is 22.8 Å². The molecule has 0 aliphatic heterocycles. The molecule has 0 radical (unpaired) electrons. The van der Waals surface area contributed by atoms with Gasteiger partial charge in [-0.05, 0) is 24.7 Å². The molecule has 0 saturated carbocycles. The van der Waals surface area contributed by atoms with Crippen LogP contribution in [0.15, 0.2) is 65.8 Å². The number of benzene rings is 2. The highest BCUT2D eigenvalue weighted by molar-refractivity contribution is 7.89. The Labute approximate surface area is 168 Å². The Morgan fingerprint density at radius 1 is 1.17 bits per heavy atom. The Bertz CT molecular complexity index is 1110. The topological polar surface area (TPSA) is 110 Å². The van der Waals surface area contributed by atoms with Gasteiger partial charge in [0.1, 0.15) is 5.69 Å². The van der Waals surface area contributed by atoms with Crippen LogP contribution in [-0.4, -0.2) is 37.2 Å². The van der Waals surface area contributed by atoms with Crippen LogP contribution in [0.3, 0.4) is 0 Å². The summed E-state index contributed by atoms with van der Waals surface area (Å²) < 4.78 is 27.8. The molecule has 0 atom stereocenters. The number of nitro groups is 1. The number of sulfonamides is 1. The van der Waals surface area contributed by atoms with Crippen LogP contribution in [0.2, 0.25) is 0 Å². The van der Waals surface area contributed by atoms with E-state index in [1.807, 2.05) is 36.5 Å². The number of nitrogens with one attached hydrogen (secondary N) is 1. The number of aromatic nitrogens is 2. The maximum absolute atomic E-state index is 11.9. The number of hydrogen-bond acceptors (Lipinski definition) is 6. The minimum Gasteiger partial charge on any atom is -0.365 e. The zero-order valence-corrected chi connectivity index (χ0v) is 16.8. The molecule has 0 bridgehead atoms. The summed E-state index contributed by atoms with van der Waals surface area (Å²) in [5, 5.41) is 15.8. The Kier molecular flexibility index (Phi) is 5.95. The van der Waals surface area contributed by atoms with Crippen LogP contribution in [0, 0.1) is 10.1 Å². The second kappa shape index (κ2) is 8.41. The predicted molar refractivity (Wildman–Crippen MR) is 109 cm³/mol. The molecule has 0 aliphatic carbocycles. The molecule has 0 amide bonds. The Hall–Kier alpha value is -3.24. The largest absolute Gasteiger partial charge is 0.365 e. The van der Waals surface area contributed by atoms with Gasteiger partial charge >= 0.3 is 0 Å². The molecule has 152 valence electrons. The lowest BCUT2D eigenvalue weighted by atomic mass is 10.2. The zero-order chi connectivity index (χ0) is 21.0. The minimum absolute atomic E-state index is 0.153. The van der Waals surface area contributed by atoms with Crippen molar-refractivity contribution in [3.05, 3.63) is 82.2 Å². The van der Waals surface area contributed by atoms with Gasteiger partial charge in [0.15, 0.2) is 0 Å². The second-order valence-corrected chi connectivity index (χ2v) is 8.39. The molecule has 3 rings (SSSR count). The molecule has 0 spiro atoms. The fourth-order valence-corrected chi connectivity index (χ4v) is 3.71. The molecular formula is C19H21N5O4S. The number of nitrogens with zero attached hydrogens (tertiary/aromatic N) is 4. The van der Waals surface area contributed by atoms with Crippen LogP contribution >= 0.6 is 0 Å². The smallest absolute Gasteiger partial charge is 0.293 e. The highest BCUT2D eigenvalue weighted by Crippen LogP contribution is 2.31. The van der Waals surface area contributed by atoms with Crippen molar-refractivity contribution in [2.75, 3.05) is 19.0 Å². The highest BCUT2D eigenvalue weighted by atomic mass is 32.2. The van der Waals surface area contributed by atoms with E-state index < -0.39 is 14.9 Å². The van der Waals surface area contributed by atoms with Crippen molar-refractivity contribution in [2.45, 2.75) is 18.0 Å². The summed E-state index contributed by atoms with van der Waals surface area (Å²) in [7, 11) is -0.799. The van der Waals surface area contributed by atoms with Crippen LogP contribution in [0.4, 0.5) is 11.4 Å². The van der Waals surface area contributed by atoms with E-state index in [2.05, 4.69) is 9.82 Å². The third kappa shape index (κ3) is 4.79. The molecule has 1 N–H and O–H groups in total. The Balaban J connectivity index is 1.80. The van der Waals surface area contributed by atoms with Gasteiger partial charge < -0.3 is 4.90 Å².